The number of imidazole rings is 1. The molecule has 0 aliphatic carbocycles. The lowest BCUT2D eigenvalue weighted by Crippen LogP contribution is -2.48. The Kier molecular flexibility index (Phi) is 4.53. The Hall–Kier alpha value is -1.66. The largest absolute Gasteiger partial charge is 0.469 e. The summed E-state index contributed by atoms with van der Waals surface area (Å²) < 4.78 is 22.3. The fraction of sp³-hybridized carbons (Fsp3) is 0.545. The Bertz CT molecular complexity index is 779. The molecular weight excluding hydrogens is 345 g/mol. The second-order valence-electron chi connectivity index (χ2n) is 5.29. The Morgan fingerprint density at radius 1 is 1.38 bits per heavy atom. The summed E-state index contributed by atoms with van der Waals surface area (Å²) in [6, 6.07) is 0. The minimum Gasteiger partial charge on any atom is -0.390 e. The fourth-order valence-corrected chi connectivity index (χ4v) is 2.84. The highest BCUT2D eigenvalue weighted by Crippen LogP contribution is 2.38. The molecule has 3 heterocycles. The van der Waals surface area contributed by atoms with Crippen LogP contribution in [-0.4, -0.2) is 64.4 Å². The lowest BCUT2D eigenvalue weighted by atomic mass is 10.0. The molecule has 1 aliphatic rings. The van der Waals surface area contributed by atoms with Crippen LogP contribution < -0.4 is 5.73 Å². The van der Waals surface area contributed by atoms with Gasteiger partial charge < -0.3 is 30.5 Å². The van der Waals surface area contributed by atoms with Crippen molar-refractivity contribution in [3.05, 3.63) is 12.7 Å². The van der Waals surface area contributed by atoms with E-state index < -0.39 is 39.0 Å². The van der Waals surface area contributed by atoms with Crippen molar-refractivity contribution in [3.63, 3.8) is 0 Å². The Labute approximate surface area is 135 Å². The number of phosphoric acid groups is 1. The molecular formula is C11H16N5O7P. The number of nitrogens with two attached hydrogens (primary N) is 1. The third-order valence-corrected chi connectivity index (χ3v) is 4.14. The van der Waals surface area contributed by atoms with Crippen LogP contribution in [0.25, 0.3) is 11.2 Å². The molecule has 0 saturated carbocycles. The average molecular weight is 361 g/mol. The highest BCUT2D eigenvalue weighted by molar-refractivity contribution is 7.46. The van der Waals surface area contributed by atoms with Crippen LogP contribution in [-0.2, 0) is 13.8 Å². The van der Waals surface area contributed by atoms with E-state index in [-0.39, 0.29) is 12.2 Å². The number of hydrogen-bond donors (Lipinski definition) is 5. The van der Waals surface area contributed by atoms with Crippen LogP contribution in [0.5, 0.6) is 0 Å². The topological polar surface area (TPSA) is 186 Å². The number of rotatable bonds is 4. The lowest BCUT2D eigenvalue weighted by Gasteiger charge is -2.37. The molecule has 2 aromatic rings. The van der Waals surface area contributed by atoms with Crippen LogP contribution in [0.2, 0.25) is 0 Å². The standard InChI is InChI=1S/C11H16N5O7P/c12-10-8-11(14-3-13-10)16(4-15-8)7-1-5(17)9(18)6(23-7)2-22-24(19,20)21/h3-7,9,17-18H,1-2H2,(H2,12,13,14)(H2,19,20,21). The van der Waals surface area contributed by atoms with Gasteiger partial charge in [0.15, 0.2) is 11.5 Å². The number of phosphoric ester groups is 1. The van der Waals surface area contributed by atoms with Crippen molar-refractivity contribution in [2.24, 2.45) is 0 Å². The number of ether oxygens (including phenoxy) is 1. The summed E-state index contributed by atoms with van der Waals surface area (Å²) in [5.41, 5.74) is 6.43. The first kappa shape index (κ1) is 17.2. The summed E-state index contributed by atoms with van der Waals surface area (Å²) in [7, 11) is -4.73. The van der Waals surface area contributed by atoms with Crippen LogP contribution in [0.1, 0.15) is 12.6 Å². The van der Waals surface area contributed by atoms with E-state index in [1.807, 2.05) is 0 Å². The highest BCUT2D eigenvalue weighted by atomic mass is 31.2. The zero-order chi connectivity index (χ0) is 17.5. The van der Waals surface area contributed by atoms with Gasteiger partial charge in [-0.1, -0.05) is 0 Å². The van der Waals surface area contributed by atoms with E-state index in [1.165, 1.54) is 17.2 Å². The molecule has 12 nitrogen and oxygen atoms in total. The van der Waals surface area contributed by atoms with Crippen molar-refractivity contribution in [1.29, 1.82) is 0 Å². The first-order chi connectivity index (χ1) is 11.3. The van der Waals surface area contributed by atoms with Gasteiger partial charge in [-0.25, -0.2) is 19.5 Å². The van der Waals surface area contributed by atoms with Gasteiger partial charge in [-0.2, -0.15) is 0 Å². The van der Waals surface area contributed by atoms with Crippen LogP contribution in [0.15, 0.2) is 12.7 Å². The van der Waals surface area contributed by atoms with Crippen molar-refractivity contribution < 1.29 is 33.8 Å². The Morgan fingerprint density at radius 3 is 2.83 bits per heavy atom. The summed E-state index contributed by atoms with van der Waals surface area (Å²) in [5, 5.41) is 19.9. The van der Waals surface area contributed by atoms with Gasteiger partial charge in [0.2, 0.25) is 0 Å². The maximum atomic E-state index is 10.8. The van der Waals surface area contributed by atoms with E-state index >= 15 is 0 Å². The number of nitrogens with zero attached hydrogens (tertiary/aromatic N) is 4. The van der Waals surface area contributed by atoms with Crippen molar-refractivity contribution in [2.75, 3.05) is 12.3 Å². The normalized spacial score (nSPS) is 28.3. The van der Waals surface area contributed by atoms with Gasteiger partial charge in [-0.15, -0.1) is 0 Å². The second kappa shape index (κ2) is 6.33. The molecule has 4 atom stereocenters. The average Bonchev–Trinajstić information content (AvgIpc) is 2.93. The minimum atomic E-state index is -4.73. The maximum absolute atomic E-state index is 10.8. The molecule has 2 aromatic heterocycles. The van der Waals surface area contributed by atoms with E-state index in [0.29, 0.717) is 11.2 Å². The van der Waals surface area contributed by atoms with Crippen LogP contribution in [0, 0.1) is 0 Å². The molecule has 1 saturated heterocycles. The van der Waals surface area contributed by atoms with Crippen molar-refractivity contribution >= 4 is 24.8 Å². The number of hydrogen-bond acceptors (Lipinski definition) is 9. The number of aliphatic hydroxyl groups excluding tert-OH is 2. The molecule has 132 valence electrons. The van der Waals surface area contributed by atoms with E-state index in [1.54, 1.807) is 0 Å². The van der Waals surface area contributed by atoms with Gasteiger partial charge in [0.05, 0.1) is 19.0 Å². The van der Waals surface area contributed by atoms with Crippen LogP contribution >= 0.6 is 7.82 Å². The van der Waals surface area contributed by atoms with Gasteiger partial charge in [0.1, 0.15) is 30.3 Å². The molecule has 1 fully saturated rings. The van der Waals surface area contributed by atoms with E-state index in [2.05, 4.69) is 19.5 Å². The predicted octanol–water partition coefficient (Wildman–Crippen LogP) is -1.47. The zero-order valence-corrected chi connectivity index (χ0v) is 13.1. The third-order valence-electron chi connectivity index (χ3n) is 3.65. The highest BCUT2D eigenvalue weighted by Gasteiger charge is 2.39. The molecule has 6 N–H and O–H groups in total. The number of anilines is 1. The molecule has 0 aromatic carbocycles. The number of nitrogen functional groups attached to an aromatic ring is 1. The lowest BCUT2D eigenvalue weighted by molar-refractivity contribution is -0.198. The first-order valence-corrected chi connectivity index (χ1v) is 8.44. The summed E-state index contributed by atoms with van der Waals surface area (Å²) in [5.74, 6) is 0.177. The zero-order valence-electron chi connectivity index (χ0n) is 12.2. The monoisotopic (exact) mass is 361 g/mol. The van der Waals surface area contributed by atoms with Gasteiger partial charge in [-0.05, 0) is 0 Å². The number of aromatic nitrogens is 4. The Balaban J connectivity index is 1.85. The third kappa shape index (κ3) is 3.39. The van der Waals surface area contributed by atoms with Crippen molar-refractivity contribution in [2.45, 2.75) is 31.0 Å². The quantitative estimate of drug-likeness (QED) is 0.400. The molecule has 0 spiro atoms. The van der Waals surface area contributed by atoms with E-state index in [0.717, 1.165) is 0 Å². The molecule has 13 heteroatoms. The fourth-order valence-electron chi connectivity index (χ4n) is 2.50. The molecule has 0 radical (unpaired) electrons. The van der Waals surface area contributed by atoms with Crippen LogP contribution in [0.4, 0.5) is 5.82 Å². The van der Waals surface area contributed by atoms with E-state index in [4.69, 9.17) is 20.3 Å². The summed E-state index contributed by atoms with van der Waals surface area (Å²) >= 11 is 0. The molecule has 24 heavy (non-hydrogen) atoms. The molecule has 4 unspecified atom stereocenters. The molecule has 1 aliphatic heterocycles. The summed E-state index contributed by atoms with van der Waals surface area (Å²) in [6.07, 6.45) is -1.82. The first-order valence-electron chi connectivity index (χ1n) is 6.91. The van der Waals surface area contributed by atoms with Crippen molar-refractivity contribution in [3.8, 4) is 0 Å². The van der Waals surface area contributed by atoms with Crippen molar-refractivity contribution in [1.82, 2.24) is 19.5 Å². The predicted molar refractivity (Wildman–Crippen MR) is 78.3 cm³/mol. The maximum Gasteiger partial charge on any atom is 0.469 e. The van der Waals surface area contributed by atoms with Gasteiger partial charge in [-0.3, -0.25) is 9.09 Å². The van der Waals surface area contributed by atoms with E-state index in [9.17, 15) is 14.8 Å². The SMILES string of the molecule is Nc1ncnc2c1ncn2C1CC(O)C(O)C(COP(=O)(O)O)O1. The molecule has 0 bridgehead atoms. The van der Waals surface area contributed by atoms with Gasteiger partial charge in [0, 0.05) is 6.42 Å². The summed E-state index contributed by atoms with van der Waals surface area (Å²) in [4.78, 5) is 29.5. The van der Waals surface area contributed by atoms with Crippen LogP contribution in [0.3, 0.4) is 0 Å². The number of fused-ring (bicyclic) bond motifs is 1. The summed E-state index contributed by atoms with van der Waals surface area (Å²) in [6.45, 7) is -0.594. The minimum absolute atomic E-state index is 0.0168. The molecule has 3 rings (SSSR count). The molecule has 0 amide bonds. The van der Waals surface area contributed by atoms with Gasteiger partial charge in [0.25, 0.3) is 0 Å². The number of aliphatic hydroxyl groups is 2. The second-order valence-corrected chi connectivity index (χ2v) is 6.53. The van der Waals surface area contributed by atoms with Gasteiger partial charge >= 0.3 is 7.82 Å². The Morgan fingerprint density at radius 2 is 2.12 bits per heavy atom. The smallest absolute Gasteiger partial charge is 0.390 e.